The van der Waals surface area contributed by atoms with Gasteiger partial charge in [0.2, 0.25) is 0 Å². The molecule has 0 saturated heterocycles. The summed E-state index contributed by atoms with van der Waals surface area (Å²) in [5.41, 5.74) is 6.09. The lowest BCUT2D eigenvalue weighted by Gasteiger charge is -2.24. The molecule has 0 aliphatic rings. The van der Waals surface area contributed by atoms with Crippen molar-refractivity contribution >= 4 is 17.4 Å². The van der Waals surface area contributed by atoms with Gasteiger partial charge in [0.15, 0.2) is 5.69 Å². The maximum atomic E-state index is 13.6. The van der Waals surface area contributed by atoms with E-state index in [4.69, 9.17) is 10.5 Å². The monoisotopic (exact) mass is 470 g/mol. The summed E-state index contributed by atoms with van der Waals surface area (Å²) in [6.07, 6.45) is 0.572. The number of nitrogens with one attached hydrogen (secondary N) is 1. The second-order valence-electron chi connectivity index (χ2n) is 7.96. The summed E-state index contributed by atoms with van der Waals surface area (Å²) in [6, 6.07) is 25.2. The van der Waals surface area contributed by atoms with Gasteiger partial charge in [0.05, 0.1) is 6.54 Å². The van der Waals surface area contributed by atoms with Crippen molar-refractivity contribution in [1.82, 2.24) is 9.55 Å². The molecule has 3 N–H and O–H groups in total. The number of hydrogen-bond acceptors (Lipinski definition) is 5. The van der Waals surface area contributed by atoms with Gasteiger partial charge in [0, 0.05) is 12.1 Å². The lowest BCUT2D eigenvalue weighted by molar-refractivity contribution is 0.0986. The molecule has 0 radical (unpaired) electrons. The van der Waals surface area contributed by atoms with E-state index in [0.29, 0.717) is 23.5 Å². The summed E-state index contributed by atoms with van der Waals surface area (Å²) < 4.78 is 7.12. The van der Waals surface area contributed by atoms with Gasteiger partial charge in [-0.25, -0.2) is 4.79 Å². The number of aromatic amines is 1. The maximum absolute atomic E-state index is 13.6. The Hall–Kier alpha value is -4.59. The first-order chi connectivity index (χ1) is 17.0. The Morgan fingerprint density at radius 3 is 2.29 bits per heavy atom. The molecule has 0 bridgehead atoms. The summed E-state index contributed by atoms with van der Waals surface area (Å²) in [6.45, 7) is 2.28. The highest BCUT2D eigenvalue weighted by atomic mass is 16.5. The average Bonchev–Trinajstić information content (AvgIpc) is 2.87. The van der Waals surface area contributed by atoms with E-state index in [1.165, 1.54) is 9.47 Å². The van der Waals surface area contributed by atoms with E-state index in [0.717, 1.165) is 5.56 Å². The smallest absolute Gasteiger partial charge is 0.330 e. The van der Waals surface area contributed by atoms with Crippen molar-refractivity contribution in [2.45, 2.75) is 19.9 Å². The minimum atomic E-state index is -0.713. The summed E-state index contributed by atoms with van der Waals surface area (Å²) in [7, 11) is 0. The number of nitrogens with two attached hydrogens (primary N) is 1. The Morgan fingerprint density at radius 1 is 0.943 bits per heavy atom. The molecule has 1 aromatic heterocycles. The molecule has 0 spiro atoms. The SMILES string of the molecule is CCCN(C(=O)c1cccc(Oc2ccccc2)c1)c1c(N)n(Cc2ccccc2)c(=O)[nH]c1=O. The second-order valence-corrected chi connectivity index (χ2v) is 7.96. The minimum absolute atomic E-state index is 0.0539. The lowest BCUT2D eigenvalue weighted by atomic mass is 10.1. The van der Waals surface area contributed by atoms with Crippen molar-refractivity contribution in [2.75, 3.05) is 17.2 Å². The molecule has 0 saturated carbocycles. The number of amides is 1. The van der Waals surface area contributed by atoms with Gasteiger partial charge >= 0.3 is 5.69 Å². The number of nitrogen functional groups attached to an aromatic ring is 1. The predicted octanol–water partition coefficient (Wildman–Crippen LogP) is 4.02. The van der Waals surface area contributed by atoms with E-state index in [-0.39, 0.29) is 24.6 Å². The Labute approximate surface area is 202 Å². The number of rotatable bonds is 8. The van der Waals surface area contributed by atoms with Gasteiger partial charge in [-0.2, -0.15) is 0 Å². The molecule has 0 atom stereocenters. The van der Waals surface area contributed by atoms with Gasteiger partial charge in [0.1, 0.15) is 17.3 Å². The van der Waals surface area contributed by atoms with Crippen LogP contribution in [0, 0.1) is 0 Å². The highest BCUT2D eigenvalue weighted by Crippen LogP contribution is 2.25. The first kappa shape index (κ1) is 23.6. The molecule has 8 heteroatoms. The highest BCUT2D eigenvalue weighted by Gasteiger charge is 2.25. The highest BCUT2D eigenvalue weighted by molar-refractivity contribution is 6.07. The number of benzene rings is 3. The van der Waals surface area contributed by atoms with Gasteiger partial charge in [-0.15, -0.1) is 0 Å². The van der Waals surface area contributed by atoms with Crippen LogP contribution in [0.4, 0.5) is 11.5 Å². The number of hydrogen-bond donors (Lipinski definition) is 2. The van der Waals surface area contributed by atoms with Crippen molar-refractivity contribution < 1.29 is 9.53 Å². The van der Waals surface area contributed by atoms with E-state index in [9.17, 15) is 14.4 Å². The number of para-hydroxylation sites is 1. The number of anilines is 2. The molecule has 8 nitrogen and oxygen atoms in total. The molecule has 1 amide bonds. The standard InChI is InChI=1S/C27H26N4O4/c1-2-16-30(26(33)20-12-9-15-22(17-20)35-21-13-7-4-8-14-21)23-24(28)31(27(34)29-25(23)32)18-19-10-5-3-6-11-19/h3-15,17H,2,16,18,28H2,1H3,(H,29,32,34). The molecule has 4 aromatic rings. The van der Waals surface area contributed by atoms with E-state index in [1.54, 1.807) is 24.3 Å². The molecule has 0 fully saturated rings. The van der Waals surface area contributed by atoms with Crippen LogP contribution in [0.2, 0.25) is 0 Å². The fraction of sp³-hybridized carbons (Fsp3) is 0.148. The molecular weight excluding hydrogens is 444 g/mol. The summed E-state index contributed by atoms with van der Waals surface area (Å²) >= 11 is 0. The van der Waals surface area contributed by atoms with Gasteiger partial charge in [-0.3, -0.25) is 19.1 Å². The molecular formula is C27H26N4O4. The fourth-order valence-corrected chi connectivity index (χ4v) is 3.77. The quantitative estimate of drug-likeness (QED) is 0.404. The van der Waals surface area contributed by atoms with Gasteiger partial charge in [-0.1, -0.05) is 61.5 Å². The Bertz CT molecular complexity index is 1430. The predicted molar refractivity (Wildman–Crippen MR) is 136 cm³/mol. The molecule has 4 rings (SSSR count). The van der Waals surface area contributed by atoms with Crippen LogP contribution in [0.15, 0.2) is 94.5 Å². The zero-order chi connectivity index (χ0) is 24.8. The fourth-order valence-electron chi connectivity index (χ4n) is 3.77. The van der Waals surface area contributed by atoms with Crippen LogP contribution in [0.25, 0.3) is 0 Å². The number of aromatic nitrogens is 2. The first-order valence-electron chi connectivity index (χ1n) is 11.3. The topological polar surface area (TPSA) is 110 Å². The van der Waals surface area contributed by atoms with Crippen molar-refractivity contribution in [3.8, 4) is 11.5 Å². The van der Waals surface area contributed by atoms with E-state index in [2.05, 4.69) is 4.98 Å². The lowest BCUT2D eigenvalue weighted by Crippen LogP contribution is -2.41. The van der Waals surface area contributed by atoms with Crippen LogP contribution in [-0.2, 0) is 6.54 Å². The number of ether oxygens (including phenoxy) is 1. The van der Waals surface area contributed by atoms with Crippen molar-refractivity contribution in [3.05, 3.63) is 117 Å². The third kappa shape index (κ3) is 5.33. The summed E-state index contributed by atoms with van der Waals surface area (Å²) in [5.74, 6) is 0.624. The zero-order valence-corrected chi connectivity index (χ0v) is 19.3. The van der Waals surface area contributed by atoms with Crippen molar-refractivity contribution in [2.24, 2.45) is 0 Å². The normalized spacial score (nSPS) is 10.7. The second kappa shape index (κ2) is 10.6. The van der Waals surface area contributed by atoms with Crippen molar-refractivity contribution in [1.29, 1.82) is 0 Å². The van der Waals surface area contributed by atoms with Gasteiger partial charge in [-0.05, 0) is 42.3 Å². The van der Waals surface area contributed by atoms with Gasteiger partial charge < -0.3 is 15.4 Å². The number of H-pyrrole nitrogens is 1. The first-order valence-corrected chi connectivity index (χ1v) is 11.3. The summed E-state index contributed by atoms with van der Waals surface area (Å²) in [5, 5.41) is 0. The molecule has 3 aromatic carbocycles. The number of carbonyl (C=O) groups excluding carboxylic acids is 1. The minimum Gasteiger partial charge on any atom is -0.457 e. The van der Waals surface area contributed by atoms with Crippen LogP contribution in [0.3, 0.4) is 0 Å². The van der Waals surface area contributed by atoms with Crippen LogP contribution in [-0.4, -0.2) is 22.0 Å². The van der Waals surface area contributed by atoms with Gasteiger partial charge in [0.25, 0.3) is 11.5 Å². The average molecular weight is 471 g/mol. The van der Waals surface area contributed by atoms with Crippen LogP contribution >= 0.6 is 0 Å². The summed E-state index contributed by atoms with van der Waals surface area (Å²) in [4.78, 5) is 42.6. The van der Waals surface area contributed by atoms with Crippen LogP contribution in [0.5, 0.6) is 11.5 Å². The third-order valence-corrected chi connectivity index (χ3v) is 5.42. The Kier molecular flexibility index (Phi) is 7.11. The molecule has 0 aliphatic heterocycles. The molecule has 0 unspecified atom stereocenters. The van der Waals surface area contributed by atoms with Crippen LogP contribution < -0.4 is 26.6 Å². The Morgan fingerprint density at radius 2 is 1.60 bits per heavy atom. The molecule has 35 heavy (non-hydrogen) atoms. The van der Waals surface area contributed by atoms with Crippen LogP contribution in [0.1, 0.15) is 29.3 Å². The maximum Gasteiger partial charge on any atom is 0.330 e. The molecule has 178 valence electrons. The Balaban J connectivity index is 1.71. The molecule has 1 heterocycles. The number of carbonyl (C=O) groups is 1. The largest absolute Gasteiger partial charge is 0.457 e. The molecule has 0 aliphatic carbocycles. The van der Waals surface area contributed by atoms with E-state index < -0.39 is 17.2 Å². The zero-order valence-electron chi connectivity index (χ0n) is 19.3. The van der Waals surface area contributed by atoms with E-state index >= 15 is 0 Å². The number of nitrogens with zero attached hydrogens (tertiary/aromatic N) is 2. The van der Waals surface area contributed by atoms with E-state index in [1.807, 2.05) is 67.6 Å². The van der Waals surface area contributed by atoms with Crippen molar-refractivity contribution in [3.63, 3.8) is 0 Å². The third-order valence-electron chi connectivity index (χ3n) is 5.42.